The van der Waals surface area contributed by atoms with Crippen molar-refractivity contribution in [2.24, 2.45) is 0 Å². The van der Waals surface area contributed by atoms with Crippen molar-refractivity contribution in [1.82, 2.24) is 14.9 Å². The second-order valence-electron chi connectivity index (χ2n) is 6.34. The highest BCUT2D eigenvalue weighted by Crippen LogP contribution is 2.28. The Balaban J connectivity index is 1.44. The molecule has 23 heavy (non-hydrogen) atoms. The summed E-state index contributed by atoms with van der Waals surface area (Å²) in [5.74, 6) is 1.51. The highest BCUT2D eigenvalue weighted by atomic mass is 16.5. The van der Waals surface area contributed by atoms with Gasteiger partial charge in [-0.2, -0.15) is 0 Å². The molecule has 0 aliphatic carbocycles. The topological polar surface area (TPSA) is 38.2 Å². The summed E-state index contributed by atoms with van der Waals surface area (Å²) in [5.41, 5.74) is 3.72. The fraction of sp³-hybridized carbons (Fsp3) is 0.368. The summed E-state index contributed by atoms with van der Waals surface area (Å²) >= 11 is 0. The lowest BCUT2D eigenvalue weighted by Crippen LogP contribution is -2.37. The maximum Gasteiger partial charge on any atom is 0.127 e. The van der Waals surface area contributed by atoms with Crippen LogP contribution >= 0.6 is 0 Å². The summed E-state index contributed by atoms with van der Waals surface area (Å²) in [6.45, 7) is 3.90. The van der Waals surface area contributed by atoms with Crippen LogP contribution in [0.4, 0.5) is 0 Å². The van der Waals surface area contributed by atoms with Gasteiger partial charge in [0.25, 0.3) is 0 Å². The summed E-state index contributed by atoms with van der Waals surface area (Å²) in [6.07, 6.45) is 8.22. The molecular weight excluding hydrogens is 286 g/mol. The molecule has 1 fully saturated rings. The lowest BCUT2D eigenvalue weighted by molar-refractivity contribution is 0.213. The van der Waals surface area contributed by atoms with Gasteiger partial charge in [-0.25, -0.2) is 9.97 Å². The zero-order valence-electron chi connectivity index (χ0n) is 13.2. The molecule has 0 saturated carbocycles. The van der Waals surface area contributed by atoms with Crippen molar-refractivity contribution in [3.8, 4) is 5.75 Å². The third kappa shape index (κ3) is 3.27. The van der Waals surface area contributed by atoms with Crippen LogP contribution in [0.3, 0.4) is 0 Å². The molecule has 2 aliphatic heterocycles. The summed E-state index contributed by atoms with van der Waals surface area (Å²) < 4.78 is 5.87. The minimum atomic E-state index is 0.518. The summed E-state index contributed by atoms with van der Waals surface area (Å²) in [5, 5.41) is 0. The van der Waals surface area contributed by atoms with Crippen molar-refractivity contribution in [2.45, 2.75) is 18.8 Å². The summed E-state index contributed by atoms with van der Waals surface area (Å²) in [4.78, 5) is 11.0. The highest BCUT2D eigenvalue weighted by Gasteiger charge is 2.23. The first-order valence-corrected chi connectivity index (χ1v) is 8.28. The predicted octanol–water partition coefficient (Wildman–Crippen LogP) is 3.13. The molecule has 0 spiro atoms. The minimum absolute atomic E-state index is 0.518. The van der Waals surface area contributed by atoms with Crippen LogP contribution < -0.4 is 4.74 Å². The number of hydrogen-bond donors (Lipinski definition) is 0. The third-order valence-corrected chi connectivity index (χ3v) is 4.65. The molecule has 3 heterocycles. The van der Waals surface area contributed by atoms with Crippen molar-refractivity contribution in [2.75, 3.05) is 26.2 Å². The van der Waals surface area contributed by atoms with E-state index in [0.717, 1.165) is 25.4 Å². The molecular formula is C19H21N3O. The van der Waals surface area contributed by atoms with Crippen molar-refractivity contribution in [3.63, 3.8) is 0 Å². The molecule has 0 N–H and O–H groups in total. The van der Waals surface area contributed by atoms with Crippen molar-refractivity contribution in [3.05, 3.63) is 59.7 Å². The van der Waals surface area contributed by atoms with Crippen molar-refractivity contribution in [1.29, 1.82) is 0 Å². The predicted molar refractivity (Wildman–Crippen MR) is 90.4 cm³/mol. The van der Waals surface area contributed by atoms with Gasteiger partial charge in [-0.1, -0.05) is 18.2 Å². The average molecular weight is 307 g/mol. The monoisotopic (exact) mass is 307 g/mol. The Kier molecular flexibility index (Phi) is 4.07. The Morgan fingerprint density at radius 2 is 2.17 bits per heavy atom. The normalized spacial score (nSPS) is 21.2. The number of fused-ring (bicyclic) bond motifs is 1. The molecule has 1 aromatic carbocycles. The zero-order valence-corrected chi connectivity index (χ0v) is 13.2. The van der Waals surface area contributed by atoms with Crippen LogP contribution in [0.15, 0.2) is 48.4 Å². The first-order valence-electron chi connectivity index (χ1n) is 8.28. The van der Waals surface area contributed by atoms with E-state index in [0.29, 0.717) is 12.5 Å². The molecule has 4 rings (SSSR count). The Morgan fingerprint density at radius 3 is 3.09 bits per heavy atom. The van der Waals surface area contributed by atoms with Gasteiger partial charge in [-0.3, -0.25) is 4.90 Å². The van der Waals surface area contributed by atoms with Gasteiger partial charge in [0.1, 0.15) is 18.7 Å². The average Bonchev–Trinajstić information content (AvgIpc) is 2.63. The Hall–Kier alpha value is -2.20. The smallest absolute Gasteiger partial charge is 0.127 e. The maximum absolute atomic E-state index is 5.87. The molecule has 2 aromatic rings. The molecule has 1 saturated heterocycles. The molecule has 0 bridgehead atoms. The largest absolute Gasteiger partial charge is 0.489 e. The van der Waals surface area contributed by atoms with Crippen LogP contribution in [0.25, 0.3) is 6.08 Å². The standard InChI is InChI=1S/C19H21N3O/c1-2-6-19-16(4-1)10-15(13-23-19)11-22-9-3-5-17(12-22)18-7-8-20-14-21-18/h1-2,4,6-8,10,14,17H,3,5,9,11-13H2/t17-/m1/s1. The molecule has 0 unspecified atom stereocenters. The van der Waals surface area contributed by atoms with E-state index < -0.39 is 0 Å². The van der Waals surface area contributed by atoms with E-state index in [2.05, 4.69) is 33.1 Å². The molecule has 2 aliphatic rings. The van der Waals surface area contributed by atoms with E-state index in [9.17, 15) is 0 Å². The zero-order chi connectivity index (χ0) is 15.5. The number of piperidine rings is 1. The quantitative estimate of drug-likeness (QED) is 0.873. The number of aromatic nitrogens is 2. The van der Waals surface area contributed by atoms with Gasteiger partial charge in [0.2, 0.25) is 0 Å². The molecule has 0 amide bonds. The van der Waals surface area contributed by atoms with Gasteiger partial charge in [0.05, 0.1) is 0 Å². The van der Waals surface area contributed by atoms with Crippen LogP contribution in [-0.4, -0.2) is 41.1 Å². The van der Waals surface area contributed by atoms with Crippen LogP contribution in [0, 0.1) is 0 Å². The van der Waals surface area contributed by atoms with Crippen LogP contribution in [0.5, 0.6) is 5.75 Å². The van der Waals surface area contributed by atoms with Gasteiger partial charge in [0, 0.05) is 36.5 Å². The molecule has 4 heteroatoms. The van der Waals surface area contributed by atoms with Gasteiger partial charge in [-0.15, -0.1) is 0 Å². The van der Waals surface area contributed by atoms with E-state index in [1.165, 1.54) is 29.7 Å². The van der Waals surface area contributed by atoms with Crippen molar-refractivity contribution >= 4 is 6.08 Å². The minimum Gasteiger partial charge on any atom is -0.489 e. The van der Waals surface area contributed by atoms with Crippen LogP contribution in [-0.2, 0) is 0 Å². The molecule has 4 nitrogen and oxygen atoms in total. The SMILES string of the molecule is C1=C(CN2CCC[C@@H](c3ccncn3)C2)COc2ccccc21. The fourth-order valence-corrected chi connectivity index (χ4v) is 3.52. The van der Waals surface area contributed by atoms with E-state index in [-0.39, 0.29) is 0 Å². The number of nitrogens with zero attached hydrogens (tertiary/aromatic N) is 3. The Bertz CT molecular complexity index is 699. The maximum atomic E-state index is 5.87. The molecule has 118 valence electrons. The number of likely N-dealkylation sites (tertiary alicyclic amines) is 1. The van der Waals surface area contributed by atoms with E-state index in [1.54, 1.807) is 6.33 Å². The number of para-hydroxylation sites is 1. The van der Waals surface area contributed by atoms with E-state index in [4.69, 9.17) is 4.74 Å². The van der Waals surface area contributed by atoms with E-state index >= 15 is 0 Å². The summed E-state index contributed by atoms with van der Waals surface area (Å²) in [7, 11) is 0. The molecule has 1 atom stereocenters. The first kappa shape index (κ1) is 14.4. The number of benzene rings is 1. The van der Waals surface area contributed by atoms with Crippen LogP contribution in [0.1, 0.15) is 30.0 Å². The van der Waals surface area contributed by atoms with Crippen LogP contribution in [0.2, 0.25) is 0 Å². The van der Waals surface area contributed by atoms with E-state index in [1.807, 2.05) is 24.4 Å². The molecule has 1 aromatic heterocycles. The second kappa shape index (κ2) is 6.50. The number of hydrogen-bond acceptors (Lipinski definition) is 4. The van der Waals surface area contributed by atoms with Gasteiger partial charge >= 0.3 is 0 Å². The lowest BCUT2D eigenvalue weighted by Gasteiger charge is -2.33. The Labute approximate surface area is 136 Å². The van der Waals surface area contributed by atoms with Gasteiger partial charge in [0.15, 0.2) is 0 Å². The first-order chi connectivity index (χ1) is 11.4. The second-order valence-corrected chi connectivity index (χ2v) is 6.34. The number of rotatable bonds is 3. The Morgan fingerprint density at radius 1 is 1.22 bits per heavy atom. The highest BCUT2D eigenvalue weighted by molar-refractivity contribution is 5.62. The molecule has 0 radical (unpaired) electrons. The lowest BCUT2D eigenvalue weighted by atomic mass is 9.94. The van der Waals surface area contributed by atoms with Gasteiger partial charge < -0.3 is 4.74 Å². The third-order valence-electron chi connectivity index (χ3n) is 4.65. The summed E-state index contributed by atoms with van der Waals surface area (Å²) in [6, 6.07) is 10.3. The van der Waals surface area contributed by atoms with Crippen molar-refractivity contribution < 1.29 is 4.74 Å². The van der Waals surface area contributed by atoms with Gasteiger partial charge in [-0.05, 0) is 43.2 Å². The number of ether oxygens (including phenoxy) is 1. The fourth-order valence-electron chi connectivity index (χ4n) is 3.52.